The molecule has 0 saturated carbocycles. The second-order valence-electron chi connectivity index (χ2n) is 4.18. The molecule has 2 rings (SSSR count). The van der Waals surface area contributed by atoms with Crippen LogP contribution in [-0.2, 0) is 6.42 Å². The van der Waals surface area contributed by atoms with Gasteiger partial charge in [0, 0.05) is 6.42 Å². The molecule has 0 radical (unpaired) electrons. The van der Waals surface area contributed by atoms with Gasteiger partial charge in [-0.25, -0.2) is 0 Å². The van der Waals surface area contributed by atoms with Crippen LogP contribution in [0.5, 0.6) is 5.75 Å². The van der Waals surface area contributed by atoms with E-state index >= 15 is 0 Å². The van der Waals surface area contributed by atoms with Crippen molar-refractivity contribution >= 4 is 0 Å². The molecular weight excluding hydrogens is 222 g/mol. The first kappa shape index (κ1) is 12.2. The van der Waals surface area contributed by atoms with Crippen LogP contribution in [0.2, 0.25) is 0 Å². The summed E-state index contributed by atoms with van der Waals surface area (Å²) >= 11 is 0. The molecule has 0 N–H and O–H groups in total. The van der Waals surface area contributed by atoms with Crippen molar-refractivity contribution in [3.05, 3.63) is 65.2 Å². The predicted molar refractivity (Wildman–Crippen MR) is 71.5 cm³/mol. The molecule has 0 saturated heterocycles. The molecule has 0 atom stereocenters. The first-order chi connectivity index (χ1) is 8.79. The highest BCUT2D eigenvalue weighted by Crippen LogP contribution is 2.19. The molecule has 0 bridgehead atoms. The summed E-state index contributed by atoms with van der Waals surface area (Å²) in [5, 5.41) is 8.85. The number of aryl methyl sites for hydroxylation is 1. The summed E-state index contributed by atoms with van der Waals surface area (Å²) < 4.78 is 5.73. The summed E-state index contributed by atoms with van der Waals surface area (Å²) in [7, 11) is 0. The maximum Gasteiger partial charge on any atom is 0.123 e. The van der Waals surface area contributed by atoms with E-state index in [1.165, 1.54) is 5.56 Å². The molecule has 0 aliphatic heterocycles. The fraction of sp³-hybridized carbons (Fsp3) is 0.188. The Labute approximate surface area is 107 Å². The van der Waals surface area contributed by atoms with Crippen LogP contribution in [0.3, 0.4) is 0 Å². The van der Waals surface area contributed by atoms with Gasteiger partial charge in [0.1, 0.15) is 5.75 Å². The van der Waals surface area contributed by atoms with Crippen LogP contribution in [0.1, 0.15) is 16.7 Å². The molecule has 2 aromatic rings. The van der Waals surface area contributed by atoms with Crippen LogP contribution < -0.4 is 4.74 Å². The Hall–Kier alpha value is -2.27. The van der Waals surface area contributed by atoms with Gasteiger partial charge in [-0.1, -0.05) is 36.4 Å². The van der Waals surface area contributed by atoms with Gasteiger partial charge in [0.2, 0.25) is 0 Å². The van der Waals surface area contributed by atoms with Crippen LogP contribution in [-0.4, -0.2) is 6.61 Å². The van der Waals surface area contributed by atoms with Crippen LogP contribution in [0.25, 0.3) is 0 Å². The first-order valence-electron chi connectivity index (χ1n) is 5.97. The van der Waals surface area contributed by atoms with E-state index in [9.17, 15) is 0 Å². The highest BCUT2D eigenvalue weighted by atomic mass is 16.5. The van der Waals surface area contributed by atoms with E-state index in [4.69, 9.17) is 10.00 Å². The van der Waals surface area contributed by atoms with Crippen LogP contribution in [0, 0.1) is 18.3 Å². The fourth-order valence-electron chi connectivity index (χ4n) is 1.75. The van der Waals surface area contributed by atoms with Gasteiger partial charge in [0.15, 0.2) is 0 Å². The van der Waals surface area contributed by atoms with Gasteiger partial charge < -0.3 is 4.74 Å². The first-order valence-corrected chi connectivity index (χ1v) is 5.97. The summed E-state index contributed by atoms with van der Waals surface area (Å²) in [5.41, 5.74) is 2.95. The maximum atomic E-state index is 8.85. The molecule has 2 aromatic carbocycles. The summed E-state index contributed by atoms with van der Waals surface area (Å²) in [4.78, 5) is 0. The van der Waals surface area contributed by atoms with E-state index in [1.54, 1.807) is 12.1 Å². The molecule has 0 aromatic heterocycles. The van der Waals surface area contributed by atoms with Crippen molar-refractivity contribution in [2.45, 2.75) is 13.3 Å². The number of benzene rings is 2. The Balaban J connectivity index is 1.96. The minimum atomic E-state index is 0.625. The minimum Gasteiger partial charge on any atom is -0.493 e. The van der Waals surface area contributed by atoms with Crippen LogP contribution in [0.15, 0.2) is 48.5 Å². The summed E-state index contributed by atoms with van der Waals surface area (Å²) in [5.74, 6) is 0.796. The van der Waals surface area contributed by atoms with Crippen LogP contribution >= 0.6 is 0 Å². The molecule has 0 fully saturated rings. The van der Waals surface area contributed by atoms with Crippen molar-refractivity contribution in [3.63, 3.8) is 0 Å². The van der Waals surface area contributed by atoms with Gasteiger partial charge in [-0.3, -0.25) is 0 Å². The molecule has 18 heavy (non-hydrogen) atoms. The number of rotatable bonds is 4. The van der Waals surface area contributed by atoms with E-state index in [-0.39, 0.29) is 0 Å². The summed E-state index contributed by atoms with van der Waals surface area (Å²) in [6, 6.07) is 17.9. The van der Waals surface area contributed by atoms with Crippen molar-refractivity contribution in [2.75, 3.05) is 6.61 Å². The largest absolute Gasteiger partial charge is 0.493 e. The molecule has 0 aliphatic carbocycles. The molecule has 0 heterocycles. The second kappa shape index (κ2) is 5.88. The fourth-order valence-corrected chi connectivity index (χ4v) is 1.75. The standard InChI is InChI=1S/C16H15NO/c1-13-7-8-15(12-17)11-16(13)18-10-9-14-5-3-2-4-6-14/h2-8,11H,9-10H2,1H3. The number of ether oxygens (including phenoxy) is 1. The van der Waals surface area contributed by atoms with Crippen molar-refractivity contribution < 1.29 is 4.74 Å². The monoisotopic (exact) mass is 237 g/mol. The molecule has 90 valence electrons. The zero-order valence-electron chi connectivity index (χ0n) is 10.4. The lowest BCUT2D eigenvalue weighted by Gasteiger charge is -2.09. The third-order valence-corrected chi connectivity index (χ3v) is 2.81. The number of nitriles is 1. The Morgan fingerprint density at radius 2 is 1.89 bits per heavy atom. The Morgan fingerprint density at radius 1 is 1.11 bits per heavy atom. The van der Waals surface area contributed by atoms with Crippen molar-refractivity contribution in [2.24, 2.45) is 0 Å². The van der Waals surface area contributed by atoms with Gasteiger partial charge in [-0.15, -0.1) is 0 Å². The molecule has 2 heteroatoms. The predicted octanol–water partition coefficient (Wildman–Crippen LogP) is 3.49. The third kappa shape index (κ3) is 3.11. The van der Waals surface area contributed by atoms with Crippen molar-refractivity contribution in [3.8, 4) is 11.8 Å². The maximum absolute atomic E-state index is 8.85. The summed E-state index contributed by atoms with van der Waals surface area (Å²) in [6.07, 6.45) is 0.872. The topological polar surface area (TPSA) is 33.0 Å². The van der Waals surface area contributed by atoms with E-state index < -0.39 is 0 Å². The Bertz CT molecular complexity index is 555. The molecule has 0 spiro atoms. The SMILES string of the molecule is Cc1ccc(C#N)cc1OCCc1ccccc1. The zero-order valence-corrected chi connectivity index (χ0v) is 10.4. The second-order valence-corrected chi connectivity index (χ2v) is 4.18. The highest BCUT2D eigenvalue weighted by Gasteiger charge is 2.01. The van der Waals surface area contributed by atoms with E-state index in [2.05, 4.69) is 18.2 Å². The molecule has 0 aliphatic rings. The van der Waals surface area contributed by atoms with Gasteiger partial charge in [-0.2, -0.15) is 5.26 Å². The average Bonchev–Trinajstić information content (AvgIpc) is 2.42. The number of hydrogen-bond acceptors (Lipinski definition) is 2. The molecule has 0 amide bonds. The zero-order chi connectivity index (χ0) is 12.8. The normalized spacial score (nSPS) is 9.78. The lowest BCUT2D eigenvalue weighted by Crippen LogP contribution is -2.02. The van der Waals surface area contributed by atoms with Gasteiger partial charge in [0.25, 0.3) is 0 Å². The van der Waals surface area contributed by atoms with E-state index in [1.807, 2.05) is 31.2 Å². The lowest BCUT2D eigenvalue weighted by atomic mass is 10.1. The molecular formula is C16H15NO. The average molecular weight is 237 g/mol. The molecule has 2 nitrogen and oxygen atoms in total. The molecule has 0 unspecified atom stereocenters. The minimum absolute atomic E-state index is 0.625. The third-order valence-electron chi connectivity index (χ3n) is 2.81. The Morgan fingerprint density at radius 3 is 2.61 bits per heavy atom. The quantitative estimate of drug-likeness (QED) is 0.815. The lowest BCUT2D eigenvalue weighted by molar-refractivity contribution is 0.319. The Kier molecular flexibility index (Phi) is 3.98. The van der Waals surface area contributed by atoms with Crippen molar-refractivity contribution in [1.29, 1.82) is 5.26 Å². The van der Waals surface area contributed by atoms with Crippen LogP contribution in [0.4, 0.5) is 0 Å². The number of hydrogen-bond donors (Lipinski definition) is 0. The van der Waals surface area contributed by atoms with Gasteiger partial charge >= 0.3 is 0 Å². The van der Waals surface area contributed by atoms with E-state index in [0.29, 0.717) is 12.2 Å². The smallest absolute Gasteiger partial charge is 0.123 e. The van der Waals surface area contributed by atoms with Gasteiger partial charge in [0.05, 0.1) is 18.2 Å². The number of nitrogens with zero attached hydrogens (tertiary/aromatic N) is 1. The van der Waals surface area contributed by atoms with Gasteiger partial charge in [-0.05, 0) is 30.2 Å². The van der Waals surface area contributed by atoms with E-state index in [0.717, 1.165) is 17.7 Å². The van der Waals surface area contributed by atoms with Crippen molar-refractivity contribution in [1.82, 2.24) is 0 Å². The highest BCUT2D eigenvalue weighted by molar-refractivity contribution is 5.41. The summed E-state index contributed by atoms with van der Waals surface area (Å²) in [6.45, 7) is 2.61.